The Kier molecular flexibility index (Phi) is 2.06. The molecule has 2 atom stereocenters. The van der Waals surface area contributed by atoms with Crippen LogP contribution in [0.3, 0.4) is 0 Å². The van der Waals surface area contributed by atoms with Gasteiger partial charge in [0.15, 0.2) is 0 Å². The Labute approximate surface area is 89.8 Å². The highest BCUT2D eigenvalue weighted by Gasteiger charge is 2.33. The van der Waals surface area contributed by atoms with E-state index in [0.717, 1.165) is 18.8 Å². The third-order valence-corrected chi connectivity index (χ3v) is 3.48. The van der Waals surface area contributed by atoms with Gasteiger partial charge < -0.3 is 15.4 Å². The van der Waals surface area contributed by atoms with E-state index in [1.807, 2.05) is 0 Å². The molecule has 3 rings (SSSR count). The smallest absolute Gasteiger partial charge is 0.120 e. The highest BCUT2D eigenvalue weighted by molar-refractivity contribution is 5.62. The second-order valence-corrected chi connectivity index (χ2v) is 4.30. The van der Waals surface area contributed by atoms with Gasteiger partial charge in [0.25, 0.3) is 0 Å². The summed E-state index contributed by atoms with van der Waals surface area (Å²) >= 11 is 0. The third-order valence-electron chi connectivity index (χ3n) is 3.48. The lowest BCUT2D eigenvalue weighted by atomic mass is 9.89. The summed E-state index contributed by atoms with van der Waals surface area (Å²) in [5, 5.41) is 6.99. The van der Waals surface area contributed by atoms with Crippen molar-refractivity contribution >= 4 is 5.69 Å². The van der Waals surface area contributed by atoms with E-state index in [0.29, 0.717) is 12.0 Å². The van der Waals surface area contributed by atoms with Gasteiger partial charge in [-0.25, -0.2) is 0 Å². The molecule has 2 aliphatic heterocycles. The van der Waals surface area contributed by atoms with Crippen molar-refractivity contribution in [3.05, 3.63) is 23.8 Å². The molecular weight excluding hydrogens is 188 g/mol. The summed E-state index contributed by atoms with van der Waals surface area (Å²) in [6, 6.07) is 6.94. The van der Waals surface area contributed by atoms with E-state index < -0.39 is 0 Å². The number of piperidine rings is 1. The minimum atomic E-state index is 0.570. The van der Waals surface area contributed by atoms with Gasteiger partial charge in [0, 0.05) is 30.3 Å². The van der Waals surface area contributed by atoms with Crippen LogP contribution in [-0.2, 0) is 0 Å². The lowest BCUT2D eigenvalue weighted by Gasteiger charge is -2.26. The Bertz CT molecular complexity index is 378. The predicted octanol–water partition coefficient (Wildman–Crippen LogP) is 1.57. The van der Waals surface area contributed by atoms with Crippen molar-refractivity contribution in [2.24, 2.45) is 0 Å². The third kappa shape index (κ3) is 1.38. The van der Waals surface area contributed by atoms with Crippen LogP contribution in [0.4, 0.5) is 5.69 Å². The molecule has 15 heavy (non-hydrogen) atoms. The maximum absolute atomic E-state index is 5.24. The molecule has 0 spiro atoms. The molecule has 1 aromatic rings. The van der Waals surface area contributed by atoms with Gasteiger partial charge in [-0.1, -0.05) is 6.07 Å². The number of methoxy groups -OCH3 is 1. The van der Waals surface area contributed by atoms with Gasteiger partial charge in [-0.15, -0.1) is 0 Å². The number of anilines is 1. The molecule has 3 nitrogen and oxygen atoms in total. The summed E-state index contributed by atoms with van der Waals surface area (Å²) in [7, 11) is 1.71. The van der Waals surface area contributed by atoms with Gasteiger partial charge in [0.1, 0.15) is 5.75 Å². The lowest BCUT2D eigenvalue weighted by molar-refractivity contribution is 0.415. The Balaban J connectivity index is 1.96. The predicted molar refractivity (Wildman–Crippen MR) is 60.6 cm³/mol. The molecule has 0 bridgehead atoms. The Hall–Kier alpha value is -1.22. The molecule has 0 amide bonds. The van der Waals surface area contributed by atoms with Crippen LogP contribution >= 0.6 is 0 Å². The van der Waals surface area contributed by atoms with Crippen molar-refractivity contribution in [2.45, 2.75) is 18.4 Å². The molecule has 0 aromatic heterocycles. The summed E-state index contributed by atoms with van der Waals surface area (Å²) < 4.78 is 5.24. The molecule has 80 valence electrons. The van der Waals surface area contributed by atoms with Gasteiger partial charge in [-0.05, 0) is 24.6 Å². The fraction of sp³-hybridized carbons (Fsp3) is 0.500. The van der Waals surface area contributed by atoms with Crippen molar-refractivity contribution < 1.29 is 4.74 Å². The summed E-state index contributed by atoms with van der Waals surface area (Å²) in [5.41, 5.74) is 2.72. The summed E-state index contributed by atoms with van der Waals surface area (Å²) in [5.74, 6) is 1.63. The number of fused-ring (bicyclic) bond motifs is 3. The van der Waals surface area contributed by atoms with E-state index in [2.05, 4.69) is 28.8 Å². The largest absolute Gasteiger partial charge is 0.497 e. The SMILES string of the molecule is COc1ccc2c(c1)NC1CNCCC21. The van der Waals surface area contributed by atoms with E-state index in [1.165, 1.54) is 17.7 Å². The van der Waals surface area contributed by atoms with E-state index in [4.69, 9.17) is 4.74 Å². The molecule has 1 saturated heterocycles. The standard InChI is InChI=1S/C12H16N2O/c1-15-8-2-3-9-10-4-5-13-7-12(10)14-11(9)6-8/h2-3,6,10,12-14H,4-5,7H2,1H3. The zero-order chi connectivity index (χ0) is 10.3. The number of hydrogen-bond acceptors (Lipinski definition) is 3. The van der Waals surface area contributed by atoms with Crippen LogP contribution in [0.2, 0.25) is 0 Å². The first-order valence-electron chi connectivity index (χ1n) is 5.53. The summed E-state index contributed by atoms with van der Waals surface area (Å²) in [4.78, 5) is 0. The topological polar surface area (TPSA) is 33.3 Å². The van der Waals surface area contributed by atoms with Crippen LogP contribution in [-0.4, -0.2) is 26.2 Å². The summed E-state index contributed by atoms with van der Waals surface area (Å²) in [6.45, 7) is 2.20. The van der Waals surface area contributed by atoms with Gasteiger partial charge >= 0.3 is 0 Å². The average Bonchev–Trinajstić information content (AvgIpc) is 2.66. The van der Waals surface area contributed by atoms with Crippen molar-refractivity contribution in [1.29, 1.82) is 0 Å². The highest BCUT2D eigenvalue weighted by atomic mass is 16.5. The van der Waals surface area contributed by atoms with Crippen LogP contribution in [0, 0.1) is 0 Å². The quantitative estimate of drug-likeness (QED) is 0.728. The molecular formula is C12H16N2O. The normalized spacial score (nSPS) is 27.8. The minimum Gasteiger partial charge on any atom is -0.497 e. The summed E-state index contributed by atoms with van der Waals surface area (Å²) in [6.07, 6.45) is 1.23. The van der Waals surface area contributed by atoms with Crippen molar-refractivity contribution in [1.82, 2.24) is 5.32 Å². The number of hydrogen-bond donors (Lipinski definition) is 2. The molecule has 2 aliphatic rings. The Morgan fingerprint density at radius 1 is 1.40 bits per heavy atom. The maximum Gasteiger partial charge on any atom is 0.120 e. The first-order chi connectivity index (χ1) is 7.38. The maximum atomic E-state index is 5.24. The molecule has 3 heteroatoms. The zero-order valence-electron chi connectivity index (χ0n) is 8.92. The van der Waals surface area contributed by atoms with Crippen molar-refractivity contribution in [3.8, 4) is 5.75 Å². The Morgan fingerprint density at radius 3 is 3.20 bits per heavy atom. The van der Waals surface area contributed by atoms with Gasteiger partial charge in [-0.2, -0.15) is 0 Å². The molecule has 2 unspecified atom stereocenters. The highest BCUT2D eigenvalue weighted by Crippen LogP contribution is 2.40. The monoisotopic (exact) mass is 204 g/mol. The van der Waals surface area contributed by atoms with Gasteiger partial charge in [0.2, 0.25) is 0 Å². The zero-order valence-corrected chi connectivity index (χ0v) is 8.92. The fourth-order valence-electron chi connectivity index (χ4n) is 2.69. The molecule has 2 heterocycles. The average molecular weight is 204 g/mol. The van der Waals surface area contributed by atoms with Crippen molar-refractivity contribution in [2.75, 3.05) is 25.5 Å². The van der Waals surface area contributed by atoms with Crippen LogP contribution in [0.1, 0.15) is 17.9 Å². The van der Waals surface area contributed by atoms with E-state index in [1.54, 1.807) is 7.11 Å². The second-order valence-electron chi connectivity index (χ2n) is 4.30. The van der Waals surface area contributed by atoms with E-state index in [-0.39, 0.29) is 0 Å². The van der Waals surface area contributed by atoms with Gasteiger partial charge in [-0.3, -0.25) is 0 Å². The minimum absolute atomic E-state index is 0.570. The van der Waals surface area contributed by atoms with E-state index in [9.17, 15) is 0 Å². The van der Waals surface area contributed by atoms with Crippen LogP contribution < -0.4 is 15.4 Å². The first kappa shape index (κ1) is 9.04. The van der Waals surface area contributed by atoms with E-state index >= 15 is 0 Å². The van der Waals surface area contributed by atoms with Crippen LogP contribution in [0.15, 0.2) is 18.2 Å². The van der Waals surface area contributed by atoms with Crippen LogP contribution in [0.25, 0.3) is 0 Å². The second kappa shape index (κ2) is 3.42. The fourth-order valence-corrected chi connectivity index (χ4v) is 2.69. The molecule has 1 aromatic carbocycles. The molecule has 0 saturated carbocycles. The molecule has 0 aliphatic carbocycles. The number of rotatable bonds is 1. The molecule has 0 radical (unpaired) electrons. The first-order valence-corrected chi connectivity index (χ1v) is 5.53. The number of benzene rings is 1. The lowest BCUT2D eigenvalue weighted by Crippen LogP contribution is -2.40. The molecule has 1 fully saturated rings. The number of ether oxygens (including phenoxy) is 1. The van der Waals surface area contributed by atoms with Crippen molar-refractivity contribution in [3.63, 3.8) is 0 Å². The number of nitrogens with one attached hydrogen (secondary N) is 2. The Morgan fingerprint density at radius 2 is 2.33 bits per heavy atom. The van der Waals surface area contributed by atoms with Crippen LogP contribution in [0.5, 0.6) is 5.75 Å². The molecule has 2 N–H and O–H groups in total. The van der Waals surface area contributed by atoms with Gasteiger partial charge in [0.05, 0.1) is 7.11 Å².